The molecule has 2 atom stereocenters. The Bertz CT molecular complexity index is 512. The van der Waals surface area contributed by atoms with Crippen molar-refractivity contribution in [1.82, 2.24) is 14.1 Å². The molecule has 0 spiro atoms. The zero-order valence-electron chi connectivity index (χ0n) is 12.7. The van der Waals surface area contributed by atoms with E-state index >= 15 is 0 Å². The molecule has 19 heavy (non-hydrogen) atoms. The van der Waals surface area contributed by atoms with E-state index < -0.39 is 10.0 Å². The van der Waals surface area contributed by atoms with Crippen molar-refractivity contribution in [1.29, 1.82) is 0 Å². The Hall–Kier alpha value is -0.880. The van der Waals surface area contributed by atoms with E-state index in [-0.39, 0.29) is 12.1 Å². The van der Waals surface area contributed by atoms with Gasteiger partial charge < -0.3 is 0 Å². The van der Waals surface area contributed by atoms with Gasteiger partial charge in [0.25, 0.3) is 0 Å². The van der Waals surface area contributed by atoms with Gasteiger partial charge in [0, 0.05) is 19.1 Å². The lowest BCUT2D eigenvalue weighted by Crippen LogP contribution is -2.44. The first-order valence-electron chi connectivity index (χ1n) is 6.79. The molecule has 0 bridgehead atoms. The van der Waals surface area contributed by atoms with E-state index in [0.717, 1.165) is 12.8 Å². The highest BCUT2D eigenvalue weighted by Crippen LogP contribution is 2.25. The van der Waals surface area contributed by atoms with E-state index in [1.807, 2.05) is 27.7 Å². The summed E-state index contributed by atoms with van der Waals surface area (Å²) in [6, 6.07) is -0.0286. The molecule has 0 radical (unpaired) electrons. The van der Waals surface area contributed by atoms with Crippen LogP contribution in [0.3, 0.4) is 0 Å². The summed E-state index contributed by atoms with van der Waals surface area (Å²) < 4.78 is 28.9. The van der Waals surface area contributed by atoms with Crippen LogP contribution < -0.4 is 0 Å². The molecule has 0 aliphatic carbocycles. The first-order chi connectivity index (χ1) is 8.77. The fourth-order valence-electron chi connectivity index (χ4n) is 2.11. The van der Waals surface area contributed by atoms with Crippen molar-refractivity contribution in [2.24, 2.45) is 7.05 Å². The number of nitrogens with zero attached hydrogens (tertiary/aromatic N) is 3. The lowest BCUT2D eigenvalue weighted by atomic mass is 10.2. The van der Waals surface area contributed by atoms with Crippen molar-refractivity contribution in [2.45, 2.75) is 64.4 Å². The fourth-order valence-corrected chi connectivity index (χ4v) is 4.27. The van der Waals surface area contributed by atoms with Crippen LogP contribution in [0.2, 0.25) is 0 Å². The first kappa shape index (κ1) is 16.2. The Morgan fingerprint density at radius 2 is 1.74 bits per heavy atom. The Balaban J connectivity index is 3.31. The van der Waals surface area contributed by atoms with Gasteiger partial charge in [0.15, 0.2) is 0 Å². The monoisotopic (exact) mass is 287 g/mol. The first-order valence-corrected chi connectivity index (χ1v) is 8.23. The number of aromatic nitrogens is 2. The summed E-state index contributed by atoms with van der Waals surface area (Å²) in [5.41, 5.74) is 0.677. The summed E-state index contributed by atoms with van der Waals surface area (Å²) >= 11 is 0. The van der Waals surface area contributed by atoms with Gasteiger partial charge in [-0.25, -0.2) is 8.42 Å². The smallest absolute Gasteiger partial charge is 0.246 e. The van der Waals surface area contributed by atoms with Crippen molar-refractivity contribution in [3.8, 4) is 0 Å². The van der Waals surface area contributed by atoms with Gasteiger partial charge in [-0.1, -0.05) is 13.8 Å². The average molecular weight is 287 g/mol. The molecule has 5 nitrogen and oxygen atoms in total. The minimum Gasteiger partial charge on any atom is -0.272 e. The summed E-state index contributed by atoms with van der Waals surface area (Å²) in [4.78, 5) is 0.315. The third-order valence-electron chi connectivity index (χ3n) is 3.80. The van der Waals surface area contributed by atoms with E-state index in [1.54, 1.807) is 23.0 Å². The molecule has 1 aromatic rings. The second-order valence-corrected chi connectivity index (χ2v) is 6.88. The SMILES string of the molecule is CCC(C)N(C(C)CC)S(=O)(=O)c1cnn(C)c1C. The van der Waals surface area contributed by atoms with Crippen molar-refractivity contribution in [2.75, 3.05) is 0 Å². The minimum absolute atomic E-state index is 0.0143. The highest BCUT2D eigenvalue weighted by atomic mass is 32.2. The van der Waals surface area contributed by atoms with Gasteiger partial charge in [-0.05, 0) is 33.6 Å². The maximum atomic E-state index is 12.8. The Morgan fingerprint density at radius 1 is 1.26 bits per heavy atom. The van der Waals surface area contributed by atoms with Gasteiger partial charge in [0.2, 0.25) is 10.0 Å². The second kappa shape index (κ2) is 6.05. The molecule has 1 aromatic heterocycles. The third-order valence-corrected chi connectivity index (χ3v) is 6.03. The number of hydrogen-bond donors (Lipinski definition) is 0. The molecule has 0 fully saturated rings. The molecular formula is C13H25N3O2S. The molecule has 0 saturated heterocycles. The number of sulfonamides is 1. The highest BCUT2D eigenvalue weighted by Gasteiger charge is 2.34. The third kappa shape index (κ3) is 3.00. The Labute approximate surface area is 116 Å². The number of aryl methyl sites for hydroxylation is 1. The maximum absolute atomic E-state index is 12.8. The summed E-state index contributed by atoms with van der Waals surface area (Å²) in [6.45, 7) is 9.70. The molecule has 0 saturated carbocycles. The van der Waals surface area contributed by atoms with Crippen LogP contribution in [0.4, 0.5) is 0 Å². The largest absolute Gasteiger partial charge is 0.272 e. The van der Waals surface area contributed by atoms with Crippen LogP contribution in [-0.4, -0.2) is 34.6 Å². The van der Waals surface area contributed by atoms with Crippen molar-refractivity contribution >= 4 is 10.0 Å². The normalized spacial score (nSPS) is 15.7. The molecule has 0 aliphatic rings. The quantitative estimate of drug-likeness (QED) is 0.807. The van der Waals surface area contributed by atoms with E-state index in [9.17, 15) is 8.42 Å². The van der Waals surface area contributed by atoms with Gasteiger partial charge in [-0.3, -0.25) is 4.68 Å². The predicted molar refractivity (Wildman–Crippen MR) is 76.5 cm³/mol. The number of rotatable bonds is 6. The molecule has 110 valence electrons. The van der Waals surface area contributed by atoms with E-state index in [4.69, 9.17) is 0 Å². The fraction of sp³-hybridized carbons (Fsp3) is 0.769. The Morgan fingerprint density at radius 3 is 2.05 bits per heavy atom. The van der Waals surface area contributed by atoms with Gasteiger partial charge in [-0.15, -0.1) is 0 Å². The van der Waals surface area contributed by atoms with Crippen LogP contribution in [0.25, 0.3) is 0 Å². The average Bonchev–Trinajstić information content (AvgIpc) is 2.69. The van der Waals surface area contributed by atoms with Crippen molar-refractivity contribution in [3.05, 3.63) is 11.9 Å². The Kier molecular flexibility index (Phi) is 5.15. The molecule has 0 N–H and O–H groups in total. The van der Waals surface area contributed by atoms with Crippen molar-refractivity contribution in [3.63, 3.8) is 0 Å². The standard InChI is InChI=1S/C13H25N3O2S/c1-7-10(3)16(11(4)8-2)19(17,18)13-9-14-15(6)12(13)5/h9-11H,7-8H2,1-6H3. The maximum Gasteiger partial charge on any atom is 0.246 e. The van der Waals surface area contributed by atoms with E-state index in [2.05, 4.69) is 5.10 Å². The van der Waals surface area contributed by atoms with Crippen LogP contribution in [0.15, 0.2) is 11.1 Å². The molecule has 6 heteroatoms. The van der Waals surface area contributed by atoms with Crippen LogP contribution in [-0.2, 0) is 17.1 Å². The molecule has 1 rings (SSSR count). The van der Waals surface area contributed by atoms with Crippen LogP contribution in [0.5, 0.6) is 0 Å². The summed E-state index contributed by atoms with van der Waals surface area (Å²) in [7, 11) is -1.73. The lowest BCUT2D eigenvalue weighted by molar-refractivity contribution is 0.262. The summed E-state index contributed by atoms with van der Waals surface area (Å²) in [5.74, 6) is 0. The highest BCUT2D eigenvalue weighted by molar-refractivity contribution is 7.89. The van der Waals surface area contributed by atoms with Gasteiger partial charge in [0.05, 0.1) is 11.9 Å². The van der Waals surface area contributed by atoms with Gasteiger partial charge >= 0.3 is 0 Å². The van der Waals surface area contributed by atoms with E-state index in [1.165, 1.54) is 6.20 Å². The zero-order valence-corrected chi connectivity index (χ0v) is 13.5. The molecule has 0 aliphatic heterocycles. The number of hydrogen-bond acceptors (Lipinski definition) is 3. The zero-order chi connectivity index (χ0) is 14.8. The predicted octanol–water partition coefficient (Wildman–Crippen LogP) is 2.32. The molecule has 1 heterocycles. The van der Waals surface area contributed by atoms with Gasteiger partial charge in [-0.2, -0.15) is 9.40 Å². The molecule has 0 amide bonds. The molecule has 2 unspecified atom stereocenters. The van der Waals surface area contributed by atoms with Crippen LogP contribution in [0.1, 0.15) is 46.2 Å². The lowest BCUT2D eigenvalue weighted by Gasteiger charge is -2.32. The molecular weight excluding hydrogens is 262 g/mol. The van der Waals surface area contributed by atoms with E-state index in [0.29, 0.717) is 10.6 Å². The molecule has 0 aromatic carbocycles. The van der Waals surface area contributed by atoms with Gasteiger partial charge in [0.1, 0.15) is 4.90 Å². The summed E-state index contributed by atoms with van der Waals surface area (Å²) in [6.07, 6.45) is 3.04. The topological polar surface area (TPSA) is 55.2 Å². The van der Waals surface area contributed by atoms with Crippen LogP contribution in [0, 0.1) is 6.92 Å². The minimum atomic E-state index is -3.48. The van der Waals surface area contributed by atoms with Crippen molar-refractivity contribution < 1.29 is 8.42 Å². The van der Waals surface area contributed by atoms with Crippen LogP contribution >= 0.6 is 0 Å². The second-order valence-electron chi connectivity index (χ2n) is 5.07. The summed E-state index contributed by atoms with van der Waals surface area (Å²) in [5, 5.41) is 4.05.